The number of hydrogen-bond donors (Lipinski definition) is 2. The SMILES string of the molecule is COc1cc(C(=O)O)cc(C2(C(=O)O)CC2)c1OC. The van der Waals surface area contributed by atoms with Crippen molar-refractivity contribution in [1.29, 1.82) is 0 Å². The molecule has 0 atom stereocenters. The Balaban J connectivity index is 2.67. The predicted molar refractivity (Wildman–Crippen MR) is 65.1 cm³/mol. The van der Waals surface area contributed by atoms with E-state index in [9.17, 15) is 14.7 Å². The lowest BCUT2D eigenvalue weighted by Gasteiger charge is -2.18. The van der Waals surface area contributed by atoms with Crippen molar-refractivity contribution in [2.75, 3.05) is 14.2 Å². The first kappa shape index (κ1) is 13.2. The van der Waals surface area contributed by atoms with Gasteiger partial charge in [-0.2, -0.15) is 0 Å². The summed E-state index contributed by atoms with van der Waals surface area (Å²) in [6.07, 6.45) is 0.926. The van der Waals surface area contributed by atoms with Crippen LogP contribution < -0.4 is 9.47 Å². The van der Waals surface area contributed by atoms with Gasteiger partial charge in [-0.05, 0) is 25.0 Å². The first-order valence-electron chi connectivity index (χ1n) is 5.69. The Kier molecular flexibility index (Phi) is 3.09. The molecule has 0 spiro atoms. The number of aromatic carboxylic acids is 1. The van der Waals surface area contributed by atoms with Gasteiger partial charge in [-0.1, -0.05) is 0 Å². The molecule has 1 fully saturated rings. The third kappa shape index (κ3) is 1.99. The molecular weight excluding hydrogens is 252 g/mol. The molecule has 1 aromatic rings. The summed E-state index contributed by atoms with van der Waals surface area (Å²) in [6.45, 7) is 0. The highest BCUT2D eigenvalue weighted by Gasteiger charge is 2.54. The number of carbonyl (C=O) groups is 2. The summed E-state index contributed by atoms with van der Waals surface area (Å²) in [6, 6.07) is 2.67. The number of carboxylic acid groups (broad SMARTS) is 2. The van der Waals surface area contributed by atoms with Gasteiger partial charge in [-0.25, -0.2) is 4.79 Å². The van der Waals surface area contributed by atoms with Gasteiger partial charge in [-0.15, -0.1) is 0 Å². The van der Waals surface area contributed by atoms with Gasteiger partial charge in [0.05, 0.1) is 25.2 Å². The largest absolute Gasteiger partial charge is 0.493 e. The summed E-state index contributed by atoms with van der Waals surface area (Å²) in [4.78, 5) is 22.5. The van der Waals surface area contributed by atoms with Gasteiger partial charge in [0.1, 0.15) is 0 Å². The topological polar surface area (TPSA) is 93.1 Å². The van der Waals surface area contributed by atoms with Crippen LogP contribution in [-0.4, -0.2) is 36.4 Å². The molecule has 6 nitrogen and oxygen atoms in total. The van der Waals surface area contributed by atoms with Crippen LogP contribution >= 0.6 is 0 Å². The molecule has 1 aliphatic carbocycles. The number of methoxy groups -OCH3 is 2. The van der Waals surface area contributed by atoms with Gasteiger partial charge in [0.2, 0.25) is 0 Å². The fraction of sp³-hybridized carbons (Fsp3) is 0.385. The molecule has 0 bridgehead atoms. The summed E-state index contributed by atoms with van der Waals surface area (Å²) < 4.78 is 10.3. The number of hydrogen-bond acceptors (Lipinski definition) is 4. The number of rotatable bonds is 5. The molecule has 2 rings (SSSR count). The van der Waals surface area contributed by atoms with Crippen LogP contribution in [0.2, 0.25) is 0 Å². The Labute approximate surface area is 109 Å². The number of carboxylic acids is 2. The molecule has 6 heteroatoms. The summed E-state index contributed by atoms with van der Waals surface area (Å²) in [5.74, 6) is -1.60. The molecule has 0 amide bonds. The fourth-order valence-corrected chi connectivity index (χ4v) is 2.17. The molecule has 1 aliphatic rings. The van der Waals surface area contributed by atoms with Crippen molar-refractivity contribution in [2.24, 2.45) is 0 Å². The van der Waals surface area contributed by atoms with E-state index in [1.165, 1.54) is 26.4 Å². The van der Waals surface area contributed by atoms with E-state index in [2.05, 4.69) is 0 Å². The van der Waals surface area contributed by atoms with Crippen molar-refractivity contribution < 1.29 is 29.3 Å². The van der Waals surface area contributed by atoms with E-state index in [1.54, 1.807) is 0 Å². The van der Waals surface area contributed by atoms with Gasteiger partial charge >= 0.3 is 11.9 Å². The van der Waals surface area contributed by atoms with Crippen LogP contribution in [0.5, 0.6) is 11.5 Å². The van der Waals surface area contributed by atoms with Gasteiger partial charge < -0.3 is 19.7 Å². The highest BCUT2D eigenvalue weighted by molar-refractivity contribution is 5.92. The van der Waals surface area contributed by atoms with Crippen molar-refractivity contribution in [1.82, 2.24) is 0 Å². The van der Waals surface area contributed by atoms with Crippen molar-refractivity contribution in [3.8, 4) is 11.5 Å². The standard InChI is InChI=1S/C13H14O6/c1-18-9-6-7(11(14)15)5-8(10(9)19-2)13(3-4-13)12(16)17/h5-6H,3-4H2,1-2H3,(H,14,15)(H,16,17). The van der Waals surface area contributed by atoms with Crippen LogP contribution in [0.15, 0.2) is 12.1 Å². The number of benzene rings is 1. The van der Waals surface area contributed by atoms with E-state index in [0.717, 1.165) is 0 Å². The molecule has 0 radical (unpaired) electrons. The Morgan fingerprint density at radius 3 is 2.16 bits per heavy atom. The smallest absolute Gasteiger partial charge is 0.335 e. The highest BCUT2D eigenvalue weighted by atomic mass is 16.5. The summed E-state index contributed by atoms with van der Waals surface area (Å²) in [7, 11) is 2.79. The van der Waals surface area contributed by atoms with Crippen LogP contribution in [-0.2, 0) is 10.2 Å². The molecular formula is C13H14O6. The molecule has 0 aliphatic heterocycles. The lowest BCUT2D eigenvalue weighted by Crippen LogP contribution is -2.21. The first-order chi connectivity index (χ1) is 8.96. The minimum atomic E-state index is -1.14. The van der Waals surface area contributed by atoms with Crippen molar-refractivity contribution in [3.63, 3.8) is 0 Å². The maximum absolute atomic E-state index is 11.4. The van der Waals surface area contributed by atoms with E-state index < -0.39 is 17.4 Å². The Morgan fingerprint density at radius 2 is 1.79 bits per heavy atom. The van der Waals surface area contributed by atoms with Crippen LogP contribution in [0.1, 0.15) is 28.8 Å². The zero-order valence-electron chi connectivity index (χ0n) is 10.6. The zero-order valence-corrected chi connectivity index (χ0v) is 10.6. The molecule has 0 aromatic heterocycles. The summed E-state index contributed by atoms with van der Waals surface area (Å²) in [5.41, 5.74) is -0.705. The molecule has 0 heterocycles. The molecule has 1 saturated carbocycles. The summed E-state index contributed by atoms with van der Waals surface area (Å²) >= 11 is 0. The molecule has 102 valence electrons. The second-order valence-corrected chi connectivity index (χ2v) is 4.45. The molecule has 0 saturated heterocycles. The van der Waals surface area contributed by atoms with E-state index in [0.29, 0.717) is 18.4 Å². The van der Waals surface area contributed by atoms with Crippen LogP contribution in [0.25, 0.3) is 0 Å². The van der Waals surface area contributed by atoms with Crippen LogP contribution in [0, 0.1) is 0 Å². The van der Waals surface area contributed by atoms with Gasteiger partial charge in [0.25, 0.3) is 0 Å². The van der Waals surface area contributed by atoms with Crippen molar-refractivity contribution in [3.05, 3.63) is 23.3 Å². The first-order valence-corrected chi connectivity index (χ1v) is 5.69. The van der Waals surface area contributed by atoms with Crippen molar-refractivity contribution >= 4 is 11.9 Å². The summed E-state index contributed by atoms with van der Waals surface area (Å²) in [5, 5.41) is 18.4. The highest BCUT2D eigenvalue weighted by Crippen LogP contribution is 2.53. The number of ether oxygens (including phenoxy) is 2. The van der Waals surface area contributed by atoms with Gasteiger partial charge in [-0.3, -0.25) is 4.79 Å². The maximum Gasteiger partial charge on any atom is 0.335 e. The van der Waals surface area contributed by atoms with Gasteiger partial charge in [0.15, 0.2) is 11.5 Å². The Bertz CT molecular complexity index is 544. The third-order valence-corrected chi connectivity index (χ3v) is 3.40. The van der Waals surface area contributed by atoms with E-state index in [4.69, 9.17) is 14.6 Å². The van der Waals surface area contributed by atoms with E-state index in [1.807, 2.05) is 0 Å². The van der Waals surface area contributed by atoms with Crippen LogP contribution in [0.3, 0.4) is 0 Å². The third-order valence-electron chi connectivity index (χ3n) is 3.40. The maximum atomic E-state index is 11.4. The Morgan fingerprint density at radius 1 is 1.16 bits per heavy atom. The Hall–Kier alpha value is -2.24. The molecule has 19 heavy (non-hydrogen) atoms. The monoisotopic (exact) mass is 266 g/mol. The predicted octanol–water partition coefficient (Wildman–Crippen LogP) is 1.52. The van der Waals surface area contributed by atoms with Crippen LogP contribution in [0.4, 0.5) is 0 Å². The molecule has 0 unspecified atom stereocenters. The average molecular weight is 266 g/mol. The second-order valence-electron chi connectivity index (χ2n) is 4.45. The average Bonchev–Trinajstić information content (AvgIpc) is 3.18. The minimum absolute atomic E-state index is 0.0137. The number of aliphatic carboxylic acids is 1. The van der Waals surface area contributed by atoms with E-state index in [-0.39, 0.29) is 17.1 Å². The fourth-order valence-electron chi connectivity index (χ4n) is 2.17. The quantitative estimate of drug-likeness (QED) is 0.839. The van der Waals surface area contributed by atoms with Gasteiger partial charge in [0, 0.05) is 5.56 Å². The van der Waals surface area contributed by atoms with E-state index >= 15 is 0 Å². The lowest BCUT2D eigenvalue weighted by atomic mass is 9.93. The second kappa shape index (κ2) is 4.46. The lowest BCUT2D eigenvalue weighted by molar-refractivity contribution is -0.140. The minimum Gasteiger partial charge on any atom is -0.493 e. The molecule has 2 N–H and O–H groups in total. The zero-order chi connectivity index (χ0) is 14.2. The normalized spacial score (nSPS) is 15.7. The van der Waals surface area contributed by atoms with Crippen molar-refractivity contribution in [2.45, 2.75) is 18.3 Å². The molecule has 1 aromatic carbocycles.